The summed E-state index contributed by atoms with van der Waals surface area (Å²) in [6.07, 6.45) is 73.4. The second kappa shape index (κ2) is 61.8. The number of ether oxygens (including phenoxy) is 1. The summed E-state index contributed by atoms with van der Waals surface area (Å²) in [7, 11) is 1.21. The predicted molar refractivity (Wildman–Crippen MR) is 349 cm³/mol. The molecule has 0 fully saturated rings. The zero-order valence-corrected chi connectivity index (χ0v) is 56.2. The minimum atomic E-state index is -4.70. The number of hydrogen-bond donors (Lipinski definition) is 1. The van der Waals surface area contributed by atoms with E-state index in [0.717, 1.165) is 57.8 Å². The van der Waals surface area contributed by atoms with E-state index in [9.17, 15) is 19.0 Å². The van der Waals surface area contributed by atoms with Crippen LogP contribution in [0.15, 0.2) is 12.2 Å². The minimum absolute atomic E-state index is 0.0164. The first-order valence-electron chi connectivity index (χ1n) is 36.0. The van der Waals surface area contributed by atoms with Crippen molar-refractivity contribution < 1.29 is 37.3 Å². The van der Waals surface area contributed by atoms with Crippen molar-refractivity contribution in [1.29, 1.82) is 0 Å². The maximum Gasteiger partial charge on any atom is 0.306 e. The monoisotopic (exact) mass is 1170 g/mol. The van der Waals surface area contributed by atoms with Gasteiger partial charge in [0, 0.05) is 12.8 Å². The van der Waals surface area contributed by atoms with Crippen LogP contribution in [0.2, 0.25) is 0 Å². The Hall–Kier alpha value is -1.25. The van der Waals surface area contributed by atoms with E-state index in [1.807, 2.05) is 33.3 Å². The summed E-state index contributed by atoms with van der Waals surface area (Å²) >= 11 is 0. The van der Waals surface area contributed by atoms with Gasteiger partial charge < -0.3 is 28.5 Å². The Labute approximate surface area is 505 Å². The summed E-state index contributed by atoms with van der Waals surface area (Å²) in [6, 6.07) is -0.880. The lowest BCUT2D eigenvalue weighted by Crippen LogP contribution is -2.47. The largest absolute Gasteiger partial charge is 0.756 e. The number of phosphoric acid groups is 1. The van der Waals surface area contributed by atoms with Gasteiger partial charge in [-0.1, -0.05) is 348 Å². The van der Waals surface area contributed by atoms with E-state index in [4.69, 9.17) is 13.8 Å². The Morgan fingerprint density at radius 1 is 0.420 bits per heavy atom. The van der Waals surface area contributed by atoms with E-state index in [-0.39, 0.29) is 31.5 Å². The molecule has 0 radical (unpaired) electrons. The summed E-state index contributed by atoms with van der Waals surface area (Å²) in [5.74, 6) is -0.513. The first kappa shape index (κ1) is 79.8. The third kappa shape index (κ3) is 63.1. The molecule has 0 rings (SSSR count). The molecular weight excluding hydrogens is 1020 g/mol. The van der Waals surface area contributed by atoms with Crippen LogP contribution in [0.25, 0.3) is 0 Å². The molecule has 0 aliphatic carbocycles. The zero-order chi connectivity index (χ0) is 59.3. The van der Waals surface area contributed by atoms with E-state index >= 15 is 0 Å². The summed E-state index contributed by atoms with van der Waals surface area (Å²) in [5.41, 5.74) is 0. The molecule has 0 aromatic rings. The van der Waals surface area contributed by atoms with Crippen molar-refractivity contribution >= 4 is 19.7 Å². The number of quaternary nitrogens is 1. The van der Waals surface area contributed by atoms with Crippen molar-refractivity contribution in [1.82, 2.24) is 5.32 Å². The number of carbonyl (C=O) groups excluding carboxylic acids is 2. The molecule has 0 aromatic carbocycles. The molecule has 0 saturated carbocycles. The van der Waals surface area contributed by atoms with E-state index < -0.39 is 20.0 Å². The maximum atomic E-state index is 13.6. The Kier molecular flexibility index (Phi) is 60.9. The van der Waals surface area contributed by atoms with Crippen molar-refractivity contribution in [2.75, 3.05) is 40.9 Å². The SMILES string of the molecule is CCCCCCCCCCCCC/C=C\C(OC(=O)CCCCCCCCCCCCCCCCC)C(COP(=O)([O-])OCC[N+](C)(C)C)NC(=O)CCCCCCCCCCCCCCCCCCCCCCCCCCCCC. The smallest absolute Gasteiger partial charge is 0.306 e. The molecule has 1 amide bonds. The molecule has 0 aromatic heterocycles. The van der Waals surface area contributed by atoms with Crippen molar-refractivity contribution in [3.63, 3.8) is 0 Å². The molecule has 0 heterocycles. The van der Waals surface area contributed by atoms with Crippen LogP contribution < -0.4 is 10.2 Å². The summed E-state index contributed by atoms with van der Waals surface area (Å²) in [4.78, 5) is 40.1. The number of allylic oxidation sites excluding steroid dienone is 1. The average Bonchev–Trinajstić information content (AvgIpc) is 3.44. The van der Waals surface area contributed by atoms with Crippen molar-refractivity contribution in [2.24, 2.45) is 0 Å². The lowest BCUT2D eigenvalue weighted by molar-refractivity contribution is -0.870. The number of rotatable bonds is 67. The highest BCUT2D eigenvalue weighted by molar-refractivity contribution is 7.45. The molecule has 3 atom stereocenters. The number of amides is 1. The van der Waals surface area contributed by atoms with Crippen LogP contribution in [0.4, 0.5) is 0 Å². The van der Waals surface area contributed by atoms with Crippen LogP contribution in [0.1, 0.15) is 380 Å². The lowest BCUT2D eigenvalue weighted by atomic mass is 10.0. The van der Waals surface area contributed by atoms with Crippen LogP contribution in [0.3, 0.4) is 0 Å². The van der Waals surface area contributed by atoms with Gasteiger partial charge in [-0.25, -0.2) is 0 Å². The molecule has 0 aliphatic heterocycles. The highest BCUT2D eigenvalue weighted by Gasteiger charge is 2.27. The second-order valence-corrected chi connectivity index (χ2v) is 27.5. The third-order valence-corrected chi connectivity index (χ3v) is 17.7. The molecule has 0 aliphatic rings. The second-order valence-electron chi connectivity index (χ2n) is 26.1. The van der Waals surface area contributed by atoms with Gasteiger partial charge in [0.25, 0.3) is 7.82 Å². The summed E-state index contributed by atoms with van der Waals surface area (Å²) in [5, 5.41) is 3.05. The quantitative estimate of drug-likeness (QED) is 0.0212. The van der Waals surface area contributed by atoms with Gasteiger partial charge >= 0.3 is 5.97 Å². The Bertz CT molecular complexity index is 1390. The molecule has 0 spiro atoms. The van der Waals surface area contributed by atoms with Gasteiger partial charge in [-0.15, -0.1) is 0 Å². The molecular formula is C71H141N2O7P. The van der Waals surface area contributed by atoms with E-state index in [1.54, 1.807) is 0 Å². The third-order valence-electron chi connectivity index (χ3n) is 16.7. The Morgan fingerprint density at radius 2 is 0.704 bits per heavy atom. The number of nitrogens with one attached hydrogen (secondary N) is 1. The number of likely N-dealkylation sites (N-methyl/N-ethyl adjacent to an activating group) is 1. The van der Waals surface area contributed by atoms with Crippen LogP contribution in [0.5, 0.6) is 0 Å². The molecule has 1 N–H and O–H groups in total. The first-order chi connectivity index (χ1) is 39.4. The van der Waals surface area contributed by atoms with E-state index in [0.29, 0.717) is 17.4 Å². The number of carbonyl (C=O) groups is 2. The fraction of sp³-hybridized carbons (Fsp3) is 0.944. The minimum Gasteiger partial charge on any atom is -0.756 e. The lowest BCUT2D eigenvalue weighted by Gasteiger charge is -2.30. The van der Waals surface area contributed by atoms with Crippen LogP contribution in [0, 0.1) is 0 Å². The first-order valence-corrected chi connectivity index (χ1v) is 37.5. The van der Waals surface area contributed by atoms with Gasteiger partial charge in [0.1, 0.15) is 19.3 Å². The van der Waals surface area contributed by atoms with Gasteiger partial charge in [-0.2, -0.15) is 0 Å². The Morgan fingerprint density at radius 3 is 1.01 bits per heavy atom. The highest BCUT2D eigenvalue weighted by atomic mass is 31.2. The Balaban J connectivity index is 4.95. The average molecular weight is 1170 g/mol. The van der Waals surface area contributed by atoms with Crippen molar-refractivity contribution in [2.45, 2.75) is 392 Å². The summed E-state index contributed by atoms with van der Waals surface area (Å²) in [6.45, 7) is 6.92. The molecule has 81 heavy (non-hydrogen) atoms. The fourth-order valence-electron chi connectivity index (χ4n) is 11.2. The van der Waals surface area contributed by atoms with E-state index in [2.05, 4.69) is 26.1 Å². The zero-order valence-electron chi connectivity index (χ0n) is 55.3. The number of unbranched alkanes of at least 4 members (excludes halogenated alkanes) is 51. The van der Waals surface area contributed by atoms with Gasteiger partial charge in [0.05, 0.1) is 33.8 Å². The van der Waals surface area contributed by atoms with Crippen molar-refractivity contribution in [3.05, 3.63) is 12.2 Å². The highest BCUT2D eigenvalue weighted by Crippen LogP contribution is 2.38. The number of nitrogens with zero attached hydrogens (tertiary/aromatic N) is 1. The molecule has 9 nitrogen and oxygen atoms in total. The normalized spacial score (nSPS) is 13.5. The standard InChI is InChI=1S/C71H141N2O7P/c1-7-10-13-16-19-22-25-28-30-31-32-33-34-35-36-37-38-39-40-41-43-45-48-51-54-57-60-63-70(74)72-68(67-79-81(76,77)78-66-65-73(4,5)6)69(62-59-56-53-50-47-44-27-24-21-18-15-12-9-3)80-71(75)64-61-58-55-52-49-46-42-29-26-23-20-17-14-11-8-2/h59,62,68-69H,7-58,60-61,63-67H2,1-6H3,(H-,72,74,76,77)/b62-59-. The van der Waals surface area contributed by atoms with Crippen LogP contribution in [-0.2, 0) is 27.9 Å². The summed E-state index contributed by atoms with van der Waals surface area (Å²) < 4.78 is 30.5. The van der Waals surface area contributed by atoms with Crippen LogP contribution >= 0.6 is 7.82 Å². The number of hydrogen-bond acceptors (Lipinski definition) is 7. The fourth-order valence-corrected chi connectivity index (χ4v) is 11.9. The molecule has 482 valence electrons. The molecule has 10 heteroatoms. The van der Waals surface area contributed by atoms with Gasteiger partial charge in [0.2, 0.25) is 5.91 Å². The topological polar surface area (TPSA) is 114 Å². The number of esters is 1. The van der Waals surface area contributed by atoms with Crippen molar-refractivity contribution in [3.8, 4) is 0 Å². The maximum absolute atomic E-state index is 13.6. The van der Waals surface area contributed by atoms with Crippen LogP contribution in [-0.4, -0.2) is 69.4 Å². The molecule has 3 unspecified atom stereocenters. The number of phosphoric ester groups is 1. The van der Waals surface area contributed by atoms with Gasteiger partial charge in [-0.3, -0.25) is 14.2 Å². The van der Waals surface area contributed by atoms with Gasteiger partial charge in [0.15, 0.2) is 0 Å². The molecule has 0 bridgehead atoms. The predicted octanol–water partition coefficient (Wildman–Crippen LogP) is 22.1. The van der Waals surface area contributed by atoms with Gasteiger partial charge in [-0.05, 0) is 31.8 Å². The van der Waals surface area contributed by atoms with E-state index in [1.165, 1.54) is 289 Å². The molecule has 0 saturated heterocycles.